The van der Waals surface area contributed by atoms with Crippen LogP contribution in [0.3, 0.4) is 0 Å². The summed E-state index contributed by atoms with van der Waals surface area (Å²) in [5.74, 6) is -2.28. The van der Waals surface area contributed by atoms with Gasteiger partial charge in [0.05, 0.1) is 40.3 Å². The molecule has 0 saturated carbocycles. The third-order valence-electron chi connectivity index (χ3n) is 16.2. The Hall–Kier alpha value is -4.31. The second-order valence-electron chi connectivity index (χ2n) is 26.2. The first-order valence-corrected chi connectivity index (χ1v) is 37.7. The highest BCUT2D eigenvalue weighted by Gasteiger charge is 2.22. The van der Waals surface area contributed by atoms with Crippen LogP contribution in [0.4, 0.5) is 0 Å². The number of carbonyl (C=O) groups is 3. The molecule has 0 heterocycles. The number of unbranched alkanes of at least 4 members (excludes halogenated alkanes) is 34. The molecule has 0 aliphatic carbocycles. The quantitative estimate of drug-likeness (QED) is 0.0195. The summed E-state index contributed by atoms with van der Waals surface area (Å²) in [6.07, 6.45) is 98.8. The van der Waals surface area contributed by atoms with Crippen LogP contribution in [-0.4, -0.2) is 82.3 Å². The van der Waals surface area contributed by atoms with Crippen molar-refractivity contribution in [2.24, 2.45) is 0 Å². The fraction of sp³-hybridized carbons (Fsp3) is 0.720. The minimum absolute atomic E-state index is 0.144. The number of hydrogen-bond donors (Lipinski definition) is 0. The summed E-state index contributed by atoms with van der Waals surface area (Å²) >= 11 is 0. The van der Waals surface area contributed by atoms with E-state index in [2.05, 4.69) is 135 Å². The Morgan fingerprint density at radius 3 is 0.879 bits per heavy atom. The molecule has 2 atom stereocenters. The first-order valence-electron chi connectivity index (χ1n) is 37.7. The minimum Gasteiger partial charge on any atom is -0.545 e. The lowest BCUT2D eigenvalue weighted by atomic mass is 10.0. The van der Waals surface area contributed by atoms with Gasteiger partial charge in [0.25, 0.3) is 0 Å². The Balaban J connectivity index is 4.01. The molecule has 0 aromatic carbocycles. The van der Waals surface area contributed by atoms with Crippen molar-refractivity contribution >= 4 is 17.9 Å². The Kier molecular flexibility index (Phi) is 68.1. The van der Waals surface area contributed by atoms with Gasteiger partial charge >= 0.3 is 11.9 Å². The number of esters is 2. The summed E-state index contributed by atoms with van der Waals surface area (Å²) in [5, 5.41) is 11.8. The summed E-state index contributed by atoms with van der Waals surface area (Å²) in [5.41, 5.74) is 0. The van der Waals surface area contributed by atoms with Gasteiger partial charge in [-0.3, -0.25) is 9.59 Å². The maximum atomic E-state index is 13.0. The fourth-order valence-electron chi connectivity index (χ4n) is 10.5. The maximum absolute atomic E-state index is 13.0. The Labute approximate surface area is 561 Å². The minimum atomic E-state index is -1.63. The molecule has 0 aliphatic rings. The molecule has 0 aliphatic heterocycles. The van der Waals surface area contributed by atoms with Crippen molar-refractivity contribution < 1.29 is 42.9 Å². The number of aliphatic carboxylic acids is 1. The van der Waals surface area contributed by atoms with Crippen molar-refractivity contribution in [2.45, 2.75) is 334 Å². The van der Waals surface area contributed by atoms with Crippen molar-refractivity contribution in [3.05, 3.63) is 122 Å². The number of hydrogen-bond acceptors (Lipinski definition) is 8. The molecule has 91 heavy (non-hydrogen) atoms. The van der Waals surface area contributed by atoms with Crippen LogP contribution in [0.15, 0.2) is 122 Å². The monoisotopic (exact) mass is 1270 g/mol. The Morgan fingerprint density at radius 2 is 0.593 bits per heavy atom. The molecule has 0 aromatic heterocycles. The predicted molar refractivity (Wildman–Crippen MR) is 389 cm³/mol. The molecule has 0 amide bonds. The van der Waals surface area contributed by atoms with Gasteiger partial charge in [0.2, 0.25) is 0 Å². The average molecular weight is 1270 g/mol. The summed E-state index contributed by atoms with van der Waals surface area (Å²) in [4.78, 5) is 37.5. The van der Waals surface area contributed by atoms with E-state index in [-0.39, 0.29) is 38.6 Å². The summed E-state index contributed by atoms with van der Waals surface area (Å²) in [6, 6.07) is 0. The van der Waals surface area contributed by atoms with Crippen LogP contribution in [0.2, 0.25) is 0 Å². The second kappa shape index (κ2) is 71.5. The van der Waals surface area contributed by atoms with E-state index in [1.807, 2.05) is 21.1 Å². The fourth-order valence-corrected chi connectivity index (χ4v) is 10.5. The van der Waals surface area contributed by atoms with E-state index in [1.165, 1.54) is 180 Å². The van der Waals surface area contributed by atoms with Gasteiger partial charge in [-0.15, -0.1) is 0 Å². The van der Waals surface area contributed by atoms with Crippen LogP contribution >= 0.6 is 0 Å². The van der Waals surface area contributed by atoms with Gasteiger partial charge in [0, 0.05) is 12.8 Å². The lowest BCUT2D eigenvalue weighted by molar-refractivity contribution is -0.870. The van der Waals surface area contributed by atoms with Crippen LogP contribution in [0.25, 0.3) is 0 Å². The molecular formula is C82H141NO8. The standard InChI is InChI=1S/C82H141NO8/c1-6-8-10-12-14-16-18-20-22-24-26-28-30-32-33-34-35-36-37-38-39-40-41-42-43-44-45-46-47-49-51-53-55-57-59-61-63-65-67-69-71-73-80(85)91-78(77-90-82(81(86)87)88-75-74-83(3,4)5)76-89-79(84)72-70-68-66-64-62-60-58-56-54-52-50-48-31-29-27-25-23-21-19-17-15-13-11-9-7-2/h8-11,14-17,20-23,26-29,32-33,48,50,78,82H,6-7,12-13,18-19,24-25,30-31,34-47,49,51-77H2,1-5H3/b10-8-,11-9-,16-14-,17-15-,22-20-,23-21-,28-26-,29-27-,33-32-,50-48-. The van der Waals surface area contributed by atoms with E-state index in [0.717, 1.165) is 109 Å². The summed E-state index contributed by atoms with van der Waals surface area (Å²) < 4.78 is 22.8. The number of allylic oxidation sites excluding steroid dienone is 20. The van der Waals surface area contributed by atoms with E-state index in [9.17, 15) is 19.5 Å². The van der Waals surface area contributed by atoms with Crippen LogP contribution < -0.4 is 5.11 Å². The van der Waals surface area contributed by atoms with Gasteiger partial charge in [-0.2, -0.15) is 0 Å². The zero-order chi connectivity index (χ0) is 66.1. The first-order chi connectivity index (χ1) is 44.6. The van der Waals surface area contributed by atoms with Crippen molar-refractivity contribution in [2.75, 3.05) is 47.5 Å². The van der Waals surface area contributed by atoms with Gasteiger partial charge in [-0.25, -0.2) is 0 Å². The molecule has 522 valence electrons. The van der Waals surface area contributed by atoms with E-state index in [0.29, 0.717) is 17.4 Å². The molecular weight excluding hydrogens is 1130 g/mol. The smallest absolute Gasteiger partial charge is 0.306 e. The van der Waals surface area contributed by atoms with Crippen molar-refractivity contribution in [1.29, 1.82) is 0 Å². The van der Waals surface area contributed by atoms with Gasteiger partial charge < -0.3 is 33.3 Å². The Morgan fingerprint density at radius 1 is 0.330 bits per heavy atom. The largest absolute Gasteiger partial charge is 0.545 e. The number of rotatable bonds is 69. The maximum Gasteiger partial charge on any atom is 0.306 e. The molecule has 0 saturated heterocycles. The highest BCUT2D eigenvalue weighted by atomic mass is 16.7. The van der Waals surface area contributed by atoms with Crippen LogP contribution in [0.5, 0.6) is 0 Å². The third-order valence-corrected chi connectivity index (χ3v) is 16.2. The van der Waals surface area contributed by atoms with Gasteiger partial charge in [-0.05, 0) is 103 Å². The normalized spacial score (nSPS) is 13.4. The van der Waals surface area contributed by atoms with E-state index >= 15 is 0 Å². The van der Waals surface area contributed by atoms with Crippen LogP contribution in [0, 0.1) is 0 Å². The first kappa shape index (κ1) is 86.7. The summed E-state index contributed by atoms with van der Waals surface area (Å²) in [6.45, 7) is 4.54. The lowest BCUT2D eigenvalue weighted by Crippen LogP contribution is -2.44. The van der Waals surface area contributed by atoms with E-state index in [4.69, 9.17) is 18.9 Å². The van der Waals surface area contributed by atoms with Gasteiger partial charge in [0.15, 0.2) is 12.4 Å². The number of carboxylic acid groups (broad SMARTS) is 1. The molecule has 0 radical (unpaired) electrons. The lowest BCUT2D eigenvalue weighted by Gasteiger charge is -2.26. The third kappa shape index (κ3) is 73.0. The molecule has 0 aromatic rings. The number of carboxylic acids is 1. The number of likely N-dealkylation sites (N-methyl/N-ethyl adjacent to an activating group) is 1. The highest BCUT2D eigenvalue weighted by Crippen LogP contribution is 2.18. The number of nitrogens with zero attached hydrogens (tertiary/aromatic N) is 1. The van der Waals surface area contributed by atoms with Crippen molar-refractivity contribution in [3.63, 3.8) is 0 Å². The molecule has 9 nitrogen and oxygen atoms in total. The molecule has 0 N–H and O–H groups in total. The van der Waals surface area contributed by atoms with Crippen molar-refractivity contribution in [1.82, 2.24) is 0 Å². The van der Waals surface area contributed by atoms with Crippen molar-refractivity contribution in [3.8, 4) is 0 Å². The van der Waals surface area contributed by atoms with E-state index < -0.39 is 24.3 Å². The SMILES string of the molecule is CC/C=C\C/C=C\C/C=C\C/C=C\C/C=C\CCCCCCCCCCCCCCCCCCCCCCCCCCCC(=O)OC(COC(=O)CCCCCCCCCCC/C=C\C/C=C\C/C=C\C/C=C\C/C=C\CC)COC(OCC[N+](C)(C)C)C(=O)[O-]. The average Bonchev–Trinajstić information content (AvgIpc) is 3.53. The Bertz CT molecular complexity index is 1910. The molecule has 9 heteroatoms. The van der Waals surface area contributed by atoms with E-state index in [1.54, 1.807) is 0 Å². The number of quaternary nitrogens is 1. The number of carbonyl (C=O) groups excluding carboxylic acids is 3. The zero-order valence-electron chi connectivity index (χ0n) is 59.7. The molecule has 2 unspecified atom stereocenters. The van der Waals surface area contributed by atoms with Crippen LogP contribution in [-0.2, 0) is 33.3 Å². The predicted octanol–water partition coefficient (Wildman–Crippen LogP) is 22.6. The van der Waals surface area contributed by atoms with Crippen LogP contribution in [0.1, 0.15) is 322 Å². The molecule has 0 bridgehead atoms. The molecule has 0 fully saturated rings. The highest BCUT2D eigenvalue weighted by molar-refractivity contribution is 5.70. The second-order valence-corrected chi connectivity index (χ2v) is 26.2. The van der Waals surface area contributed by atoms with Gasteiger partial charge in [0.1, 0.15) is 13.2 Å². The molecule has 0 spiro atoms. The zero-order valence-corrected chi connectivity index (χ0v) is 59.7. The molecule has 0 rings (SSSR count). The number of ether oxygens (including phenoxy) is 4. The summed E-state index contributed by atoms with van der Waals surface area (Å²) in [7, 11) is 5.93. The topological polar surface area (TPSA) is 111 Å². The van der Waals surface area contributed by atoms with Gasteiger partial charge in [-0.1, -0.05) is 328 Å².